The quantitative estimate of drug-likeness (QED) is 0.632. The van der Waals surface area contributed by atoms with Gasteiger partial charge in [0.2, 0.25) is 0 Å². The zero-order valence-corrected chi connectivity index (χ0v) is 8.81. The van der Waals surface area contributed by atoms with Crippen LogP contribution in [-0.2, 0) is 16.1 Å². The Hall–Kier alpha value is -1.66. The van der Waals surface area contributed by atoms with Gasteiger partial charge in [-0.1, -0.05) is 23.7 Å². The molecule has 0 unspecified atom stereocenters. The summed E-state index contributed by atoms with van der Waals surface area (Å²) in [5.41, 5.74) is 0.162. The number of aliphatic carboxylic acids is 1. The largest absolute Gasteiger partial charge is 0.480 e. The molecule has 0 fully saturated rings. The van der Waals surface area contributed by atoms with Crippen LogP contribution in [0.15, 0.2) is 18.2 Å². The third kappa shape index (κ3) is 3.18. The van der Waals surface area contributed by atoms with Crippen molar-refractivity contribution >= 4 is 23.3 Å². The van der Waals surface area contributed by atoms with Crippen molar-refractivity contribution in [2.75, 3.05) is 6.61 Å². The minimum Gasteiger partial charge on any atom is -0.480 e. The van der Waals surface area contributed by atoms with Crippen molar-refractivity contribution in [2.24, 2.45) is 0 Å². The summed E-state index contributed by atoms with van der Waals surface area (Å²) in [5.74, 6) is -1.11. The lowest BCUT2D eigenvalue weighted by molar-refractivity contribution is -0.384. The van der Waals surface area contributed by atoms with E-state index in [0.717, 1.165) is 0 Å². The zero-order chi connectivity index (χ0) is 12.1. The van der Waals surface area contributed by atoms with E-state index in [0.29, 0.717) is 5.56 Å². The standard InChI is InChI=1S/C9H8ClNO5/c10-9-6(4-16-5-8(12)13)2-1-3-7(9)11(14)15/h1-3H,4-5H2,(H,12,13). The number of benzene rings is 1. The fraction of sp³-hybridized carbons (Fsp3) is 0.222. The average molecular weight is 246 g/mol. The zero-order valence-electron chi connectivity index (χ0n) is 8.05. The molecule has 0 radical (unpaired) electrons. The number of nitro benzene ring substituents is 1. The van der Waals surface area contributed by atoms with Crippen LogP contribution in [0.25, 0.3) is 0 Å². The Morgan fingerprint density at radius 2 is 2.25 bits per heavy atom. The van der Waals surface area contributed by atoms with Crippen LogP contribution in [0, 0.1) is 10.1 Å². The minimum absolute atomic E-state index is 0.0297. The van der Waals surface area contributed by atoms with E-state index in [1.54, 1.807) is 0 Å². The maximum Gasteiger partial charge on any atom is 0.329 e. The Labute approximate surface area is 95.6 Å². The van der Waals surface area contributed by atoms with Gasteiger partial charge in [0.1, 0.15) is 11.6 Å². The van der Waals surface area contributed by atoms with E-state index in [1.807, 2.05) is 0 Å². The lowest BCUT2D eigenvalue weighted by Gasteiger charge is -2.04. The van der Waals surface area contributed by atoms with E-state index in [-0.39, 0.29) is 17.3 Å². The highest BCUT2D eigenvalue weighted by molar-refractivity contribution is 6.33. The van der Waals surface area contributed by atoms with E-state index in [4.69, 9.17) is 21.4 Å². The number of carboxylic acid groups (broad SMARTS) is 1. The Kier molecular flexibility index (Phi) is 4.21. The molecule has 0 heterocycles. The van der Waals surface area contributed by atoms with Gasteiger partial charge in [-0.25, -0.2) is 4.79 Å². The molecule has 7 heteroatoms. The predicted molar refractivity (Wildman–Crippen MR) is 55.4 cm³/mol. The molecule has 0 spiro atoms. The first-order chi connectivity index (χ1) is 7.52. The van der Waals surface area contributed by atoms with E-state index < -0.39 is 17.5 Å². The van der Waals surface area contributed by atoms with Gasteiger partial charge in [0, 0.05) is 11.6 Å². The molecule has 1 aromatic carbocycles. The summed E-state index contributed by atoms with van der Waals surface area (Å²) < 4.78 is 4.79. The first-order valence-electron chi connectivity index (χ1n) is 4.23. The molecule has 0 saturated heterocycles. The molecule has 1 aromatic rings. The van der Waals surface area contributed by atoms with Gasteiger partial charge in [-0.15, -0.1) is 0 Å². The molecule has 6 nitrogen and oxygen atoms in total. The third-order valence-corrected chi connectivity index (χ3v) is 2.17. The Morgan fingerprint density at radius 1 is 1.56 bits per heavy atom. The third-order valence-electron chi connectivity index (χ3n) is 1.74. The molecule has 0 saturated carbocycles. The molecule has 1 N–H and O–H groups in total. The second-order valence-electron chi connectivity index (χ2n) is 2.89. The maximum atomic E-state index is 10.5. The molecule has 16 heavy (non-hydrogen) atoms. The highest BCUT2D eigenvalue weighted by Gasteiger charge is 2.15. The number of ether oxygens (including phenoxy) is 1. The fourth-order valence-electron chi connectivity index (χ4n) is 1.07. The lowest BCUT2D eigenvalue weighted by Crippen LogP contribution is -2.07. The van der Waals surface area contributed by atoms with Crippen LogP contribution in [-0.4, -0.2) is 22.6 Å². The first-order valence-corrected chi connectivity index (χ1v) is 4.61. The van der Waals surface area contributed by atoms with Gasteiger partial charge < -0.3 is 9.84 Å². The maximum absolute atomic E-state index is 10.5. The van der Waals surface area contributed by atoms with Crippen LogP contribution in [0.3, 0.4) is 0 Å². The van der Waals surface area contributed by atoms with E-state index in [9.17, 15) is 14.9 Å². The van der Waals surface area contributed by atoms with Crippen LogP contribution in [0.4, 0.5) is 5.69 Å². The lowest BCUT2D eigenvalue weighted by atomic mass is 10.2. The van der Waals surface area contributed by atoms with Crippen molar-refractivity contribution in [2.45, 2.75) is 6.61 Å². The van der Waals surface area contributed by atoms with Crippen molar-refractivity contribution in [3.8, 4) is 0 Å². The first kappa shape index (κ1) is 12.4. The van der Waals surface area contributed by atoms with Crippen LogP contribution in [0.2, 0.25) is 5.02 Å². The number of halogens is 1. The number of carboxylic acids is 1. The molecule has 86 valence electrons. The number of carbonyl (C=O) groups is 1. The Bertz CT molecular complexity index is 420. The average Bonchev–Trinajstić information content (AvgIpc) is 2.19. The van der Waals surface area contributed by atoms with Crippen molar-refractivity contribution in [3.63, 3.8) is 0 Å². The molecule has 0 aliphatic rings. The second kappa shape index (κ2) is 5.43. The summed E-state index contributed by atoms with van der Waals surface area (Å²) >= 11 is 5.75. The van der Waals surface area contributed by atoms with Gasteiger partial charge in [0.15, 0.2) is 0 Å². The van der Waals surface area contributed by atoms with Crippen molar-refractivity contribution < 1.29 is 19.6 Å². The molecule has 0 amide bonds. The van der Waals surface area contributed by atoms with Gasteiger partial charge in [-0.2, -0.15) is 0 Å². The van der Waals surface area contributed by atoms with Crippen LogP contribution >= 0.6 is 11.6 Å². The summed E-state index contributed by atoms with van der Waals surface area (Å²) in [7, 11) is 0. The number of nitrogens with zero attached hydrogens (tertiary/aromatic N) is 1. The summed E-state index contributed by atoms with van der Waals surface area (Å²) in [6.45, 7) is -0.550. The summed E-state index contributed by atoms with van der Waals surface area (Å²) in [6, 6.07) is 4.27. The van der Waals surface area contributed by atoms with E-state index >= 15 is 0 Å². The molecule has 1 rings (SSSR count). The van der Waals surface area contributed by atoms with E-state index in [1.165, 1.54) is 18.2 Å². The predicted octanol–water partition coefficient (Wildman–Crippen LogP) is 1.85. The highest BCUT2D eigenvalue weighted by Crippen LogP contribution is 2.27. The molecular weight excluding hydrogens is 238 g/mol. The van der Waals surface area contributed by atoms with Crippen molar-refractivity contribution in [1.29, 1.82) is 0 Å². The number of rotatable bonds is 5. The molecular formula is C9H8ClNO5. The SMILES string of the molecule is O=C(O)COCc1cccc([N+](=O)[O-])c1Cl. The Balaban J connectivity index is 2.77. The molecule has 0 aliphatic heterocycles. The van der Waals surface area contributed by atoms with Crippen LogP contribution < -0.4 is 0 Å². The van der Waals surface area contributed by atoms with Crippen molar-refractivity contribution in [1.82, 2.24) is 0 Å². The fourth-order valence-corrected chi connectivity index (χ4v) is 1.32. The summed E-state index contributed by atoms with van der Waals surface area (Å²) in [6.07, 6.45) is 0. The molecule has 0 aliphatic carbocycles. The second-order valence-corrected chi connectivity index (χ2v) is 3.27. The topological polar surface area (TPSA) is 89.7 Å². The van der Waals surface area contributed by atoms with Crippen LogP contribution in [0.5, 0.6) is 0 Å². The molecule has 0 aromatic heterocycles. The molecule has 0 bridgehead atoms. The highest BCUT2D eigenvalue weighted by atomic mass is 35.5. The van der Waals surface area contributed by atoms with Crippen LogP contribution in [0.1, 0.15) is 5.56 Å². The number of hydrogen-bond acceptors (Lipinski definition) is 4. The van der Waals surface area contributed by atoms with E-state index in [2.05, 4.69) is 0 Å². The van der Waals surface area contributed by atoms with Gasteiger partial charge in [-0.3, -0.25) is 10.1 Å². The van der Waals surface area contributed by atoms with Gasteiger partial charge >= 0.3 is 5.97 Å². The summed E-state index contributed by atoms with van der Waals surface area (Å²) in [4.78, 5) is 20.1. The number of hydrogen-bond donors (Lipinski definition) is 1. The monoisotopic (exact) mass is 245 g/mol. The normalized spacial score (nSPS) is 10.1. The summed E-state index contributed by atoms with van der Waals surface area (Å²) in [5, 5.41) is 18.8. The Morgan fingerprint density at radius 3 is 2.81 bits per heavy atom. The van der Waals surface area contributed by atoms with Gasteiger partial charge in [-0.05, 0) is 0 Å². The smallest absolute Gasteiger partial charge is 0.329 e. The van der Waals surface area contributed by atoms with Gasteiger partial charge in [0.05, 0.1) is 11.5 Å². The number of nitro groups is 1. The van der Waals surface area contributed by atoms with Gasteiger partial charge in [0.25, 0.3) is 5.69 Å². The molecule has 0 atom stereocenters. The van der Waals surface area contributed by atoms with Crippen molar-refractivity contribution in [3.05, 3.63) is 38.9 Å². The minimum atomic E-state index is -1.11.